The van der Waals surface area contributed by atoms with Crippen LogP contribution in [0.15, 0.2) is 24.3 Å². The van der Waals surface area contributed by atoms with Crippen LogP contribution in [0.4, 0.5) is 4.39 Å². The molecule has 1 radical (unpaired) electrons. The minimum atomic E-state index is -0.140. The van der Waals surface area contributed by atoms with Crippen molar-refractivity contribution in [3.05, 3.63) is 42.1 Å². The van der Waals surface area contributed by atoms with Gasteiger partial charge in [-0.25, -0.2) is 4.39 Å². The molecule has 0 heterocycles. The average Bonchev–Trinajstić information content (AvgIpc) is 2.01. The van der Waals surface area contributed by atoms with Gasteiger partial charge in [-0.15, -0.1) is 0 Å². The van der Waals surface area contributed by atoms with Gasteiger partial charge in [0.05, 0.1) is 0 Å². The summed E-state index contributed by atoms with van der Waals surface area (Å²) < 4.78 is 12.6. The highest BCUT2D eigenvalue weighted by molar-refractivity contribution is 5.16. The summed E-state index contributed by atoms with van der Waals surface area (Å²) in [6.45, 7) is 2.01. The Hall–Kier alpha value is -0.850. The van der Waals surface area contributed by atoms with Crippen LogP contribution < -0.4 is 0 Å². The van der Waals surface area contributed by atoms with Crippen LogP contribution in [0.2, 0.25) is 0 Å². The normalized spacial score (nSPS) is 10.0. The molecule has 59 valence electrons. The van der Waals surface area contributed by atoms with Crippen LogP contribution in [-0.4, -0.2) is 0 Å². The third-order valence-electron chi connectivity index (χ3n) is 1.61. The first-order valence-corrected chi connectivity index (χ1v) is 3.85. The summed E-state index contributed by atoms with van der Waals surface area (Å²) in [4.78, 5) is 0. The highest BCUT2D eigenvalue weighted by atomic mass is 19.1. The summed E-state index contributed by atoms with van der Waals surface area (Å²) >= 11 is 0. The molecule has 0 unspecified atom stereocenters. The van der Waals surface area contributed by atoms with Crippen molar-refractivity contribution in [2.24, 2.45) is 0 Å². The molecule has 0 saturated heterocycles. The number of hydrogen-bond donors (Lipinski definition) is 0. The van der Waals surface area contributed by atoms with Gasteiger partial charge < -0.3 is 0 Å². The molecule has 0 aliphatic rings. The summed E-state index contributed by atoms with van der Waals surface area (Å²) in [6, 6.07) is 6.76. The summed E-state index contributed by atoms with van der Waals surface area (Å²) in [5.41, 5.74) is 1.07. The second-order valence-electron chi connectivity index (χ2n) is 2.58. The van der Waals surface area contributed by atoms with E-state index in [2.05, 4.69) is 6.42 Å². The first-order valence-electron chi connectivity index (χ1n) is 3.85. The van der Waals surface area contributed by atoms with Crippen molar-refractivity contribution < 1.29 is 4.39 Å². The number of hydrogen-bond acceptors (Lipinski definition) is 0. The van der Waals surface area contributed by atoms with E-state index in [0.717, 1.165) is 18.4 Å². The Bertz CT molecular complexity index is 218. The van der Waals surface area contributed by atoms with Gasteiger partial charge in [0.15, 0.2) is 0 Å². The molecular weight excluding hydrogens is 139 g/mol. The fourth-order valence-corrected chi connectivity index (χ4v) is 1.00. The number of halogens is 1. The van der Waals surface area contributed by atoms with E-state index in [1.165, 1.54) is 6.07 Å². The van der Waals surface area contributed by atoms with Gasteiger partial charge in [-0.1, -0.05) is 19.1 Å². The highest BCUT2D eigenvalue weighted by Gasteiger charge is 1.93. The Labute approximate surface area is 67.1 Å². The van der Waals surface area contributed by atoms with Crippen molar-refractivity contribution in [1.82, 2.24) is 0 Å². The monoisotopic (exact) mass is 151 g/mol. The van der Waals surface area contributed by atoms with E-state index in [1.54, 1.807) is 12.1 Å². The number of benzene rings is 1. The zero-order valence-electron chi connectivity index (χ0n) is 6.68. The molecule has 11 heavy (non-hydrogen) atoms. The van der Waals surface area contributed by atoms with Crippen LogP contribution in [0.5, 0.6) is 0 Å². The van der Waals surface area contributed by atoms with Gasteiger partial charge in [0, 0.05) is 0 Å². The largest absolute Gasteiger partial charge is 0.207 e. The standard InChI is InChI=1S/C10H12F/c1-2-3-5-9-6-4-7-10(11)8-9/h2,4,6-8H,3,5H2,1H3. The minimum Gasteiger partial charge on any atom is -0.207 e. The van der Waals surface area contributed by atoms with Gasteiger partial charge in [-0.05, 0) is 37.0 Å². The van der Waals surface area contributed by atoms with Crippen LogP contribution in [0.1, 0.15) is 18.9 Å². The van der Waals surface area contributed by atoms with Crippen molar-refractivity contribution in [3.63, 3.8) is 0 Å². The molecule has 0 saturated carbocycles. The lowest BCUT2D eigenvalue weighted by Gasteiger charge is -1.97. The quantitative estimate of drug-likeness (QED) is 0.623. The van der Waals surface area contributed by atoms with Gasteiger partial charge in [0.2, 0.25) is 0 Å². The van der Waals surface area contributed by atoms with E-state index in [-0.39, 0.29) is 5.82 Å². The van der Waals surface area contributed by atoms with E-state index in [1.807, 2.05) is 13.0 Å². The Morgan fingerprint density at radius 2 is 2.27 bits per heavy atom. The SMILES string of the molecule is C[CH]CCc1cccc(F)c1. The molecule has 0 N–H and O–H groups in total. The Morgan fingerprint density at radius 1 is 1.45 bits per heavy atom. The topological polar surface area (TPSA) is 0 Å². The van der Waals surface area contributed by atoms with Gasteiger partial charge >= 0.3 is 0 Å². The predicted octanol–water partition coefficient (Wildman–Crippen LogP) is 2.98. The van der Waals surface area contributed by atoms with E-state index in [4.69, 9.17) is 0 Å². The Balaban J connectivity index is 2.56. The van der Waals surface area contributed by atoms with Crippen LogP contribution in [0.3, 0.4) is 0 Å². The molecule has 0 nitrogen and oxygen atoms in total. The molecule has 0 fully saturated rings. The van der Waals surface area contributed by atoms with Crippen molar-refractivity contribution in [2.75, 3.05) is 0 Å². The summed E-state index contributed by atoms with van der Waals surface area (Å²) in [6.07, 6.45) is 4.04. The van der Waals surface area contributed by atoms with Gasteiger partial charge in [0.1, 0.15) is 5.82 Å². The molecular formula is C10H12F. The lowest BCUT2D eigenvalue weighted by atomic mass is 10.1. The van der Waals surface area contributed by atoms with E-state index in [0.29, 0.717) is 0 Å². The molecule has 0 aromatic heterocycles. The van der Waals surface area contributed by atoms with Gasteiger partial charge in [0.25, 0.3) is 0 Å². The summed E-state index contributed by atoms with van der Waals surface area (Å²) in [7, 11) is 0. The maximum atomic E-state index is 12.6. The van der Waals surface area contributed by atoms with Crippen molar-refractivity contribution in [2.45, 2.75) is 19.8 Å². The number of rotatable bonds is 3. The maximum Gasteiger partial charge on any atom is 0.123 e. The van der Waals surface area contributed by atoms with Crippen LogP contribution >= 0.6 is 0 Å². The molecule has 1 aromatic carbocycles. The van der Waals surface area contributed by atoms with E-state index in [9.17, 15) is 4.39 Å². The molecule has 0 spiro atoms. The molecule has 1 rings (SSSR count). The zero-order valence-corrected chi connectivity index (χ0v) is 6.68. The van der Waals surface area contributed by atoms with Crippen molar-refractivity contribution in [1.29, 1.82) is 0 Å². The molecule has 0 atom stereocenters. The first-order chi connectivity index (χ1) is 5.33. The molecule has 1 aromatic rings. The van der Waals surface area contributed by atoms with E-state index >= 15 is 0 Å². The van der Waals surface area contributed by atoms with E-state index < -0.39 is 0 Å². The zero-order chi connectivity index (χ0) is 8.10. The summed E-state index contributed by atoms with van der Waals surface area (Å²) in [5.74, 6) is -0.140. The van der Waals surface area contributed by atoms with Crippen molar-refractivity contribution >= 4 is 0 Å². The fourth-order valence-electron chi connectivity index (χ4n) is 1.00. The molecule has 0 bridgehead atoms. The van der Waals surface area contributed by atoms with Crippen LogP contribution in [0, 0.1) is 12.2 Å². The fraction of sp³-hybridized carbons (Fsp3) is 0.300. The third kappa shape index (κ3) is 2.71. The first kappa shape index (κ1) is 8.25. The predicted molar refractivity (Wildman–Crippen MR) is 44.7 cm³/mol. The number of aryl methyl sites for hydroxylation is 1. The maximum absolute atomic E-state index is 12.6. The van der Waals surface area contributed by atoms with Crippen molar-refractivity contribution in [3.8, 4) is 0 Å². The lowest BCUT2D eigenvalue weighted by Crippen LogP contribution is -1.85. The smallest absolute Gasteiger partial charge is 0.123 e. The van der Waals surface area contributed by atoms with Crippen LogP contribution in [0.25, 0.3) is 0 Å². The molecule has 0 amide bonds. The van der Waals surface area contributed by atoms with Gasteiger partial charge in [-0.2, -0.15) is 0 Å². The van der Waals surface area contributed by atoms with Gasteiger partial charge in [-0.3, -0.25) is 0 Å². The average molecular weight is 151 g/mol. The second-order valence-corrected chi connectivity index (χ2v) is 2.58. The summed E-state index contributed by atoms with van der Waals surface area (Å²) in [5, 5.41) is 0. The highest BCUT2D eigenvalue weighted by Crippen LogP contribution is 2.06. The molecule has 0 aliphatic heterocycles. The second kappa shape index (κ2) is 4.12. The minimum absolute atomic E-state index is 0.140. The van der Waals surface area contributed by atoms with Crippen LogP contribution in [-0.2, 0) is 6.42 Å². The Kier molecular flexibility index (Phi) is 3.09. The molecule has 1 heteroatoms. The number of unbranched alkanes of at least 4 members (excludes halogenated alkanes) is 1. The third-order valence-corrected chi connectivity index (χ3v) is 1.61. The molecule has 0 aliphatic carbocycles. The lowest BCUT2D eigenvalue weighted by molar-refractivity contribution is 0.625. The Morgan fingerprint density at radius 3 is 2.91 bits per heavy atom.